The topological polar surface area (TPSA) is 29.4 Å². The van der Waals surface area contributed by atoms with Crippen LogP contribution in [-0.4, -0.2) is 12.6 Å². The summed E-state index contributed by atoms with van der Waals surface area (Å²) in [6.45, 7) is 9.38. The molecule has 0 saturated carbocycles. The van der Waals surface area contributed by atoms with E-state index >= 15 is 0 Å². The molecule has 0 amide bonds. The number of nitrogens with zero attached hydrogens (tertiary/aromatic N) is 1. The summed E-state index contributed by atoms with van der Waals surface area (Å²) in [5, 5.41) is 0. The fourth-order valence-corrected chi connectivity index (χ4v) is 0.263. The largest absolute Gasteiger partial charge is 0.235 e. The van der Waals surface area contributed by atoms with Crippen molar-refractivity contribution >= 4 is 6.08 Å². The zero-order chi connectivity index (χ0) is 7.28. The lowest BCUT2D eigenvalue weighted by Crippen LogP contribution is -1.85. The van der Waals surface area contributed by atoms with Gasteiger partial charge in [0.2, 0.25) is 6.08 Å². The Labute approximate surface area is 54.6 Å². The molecule has 0 aromatic rings. The summed E-state index contributed by atoms with van der Waals surface area (Å²) in [4.78, 5) is 12.9. The van der Waals surface area contributed by atoms with E-state index in [-0.39, 0.29) is 0 Å². The number of carbonyl (C=O) groups excluding carboxylic acids is 1. The minimum atomic E-state index is 0.318. The highest BCUT2D eigenvalue weighted by Crippen LogP contribution is 2.01. The van der Waals surface area contributed by atoms with E-state index < -0.39 is 0 Å². The Kier molecular flexibility index (Phi) is 3.33. The Balaban J connectivity index is 3.78. The summed E-state index contributed by atoms with van der Waals surface area (Å²) < 4.78 is 0. The monoisotopic (exact) mass is 123 g/mol. The highest BCUT2D eigenvalue weighted by molar-refractivity contribution is 5.35. The summed E-state index contributed by atoms with van der Waals surface area (Å²) in [6, 6.07) is 0. The molecule has 0 aromatic carbocycles. The molecule has 0 rings (SSSR count). The molecule has 0 bridgehead atoms. The van der Waals surface area contributed by atoms with Crippen molar-refractivity contribution in [1.29, 1.82) is 0 Å². The van der Waals surface area contributed by atoms with Crippen molar-refractivity contribution < 1.29 is 4.79 Å². The fraction of sp³-hybridized carbons (Fsp3) is 0.286. The normalized spacial score (nSPS) is 7.67. The van der Waals surface area contributed by atoms with Gasteiger partial charge in [-0.05, 0) is 12.5 Å². The lowest BCUT2D eigenvalue weighted by atomic mass is 10.2. The van der Waals surface area contributed by atoms with Gasteiger partial charge in [0, 0.05) is 0 Å². The van der Waals surface area contributed by atoms with Gasteiger partial charge in [0.05, 0.1) is 6.54 Å². The van der Waals surface area contributed by atoms with E-state index in [1.54, 1.807) is 0 Å². The standard InChI is InChI=1S/C7H9NO/c1-6(2)7(3)4-8-5-9/h1,3-4H2,2H3. The van der Waals surface area contributed by atoms with Crippen LogP contribution in [0.3, 0.4) is 0 Å². The van der Waals surface area contributed by atoms with E-state index in [1.807, 2.05) is 6.92 Å². The van der Waals surface area contributed by atoms with Crippen LogP contribution in [0, 0.1) is 0 Å². The second-order valence-corrected chi connectivity index (χ2v) is 1.79. The van der Waals surface area contributed by atoms with Crippen LogP contribution in [-0.2, 0) is 4.79 Å². The number of hydrogen-bond donors (Lipinski definition) is 0. The van der Waals surface area contributed by atoms with E-state index in [1.165, 1.54) is 6.08 Å². The Hall–Kier alpha value is -1.14. The maximum atomic E-state index is 9.57. The van der Waals surface area contributed by atoms with Crippen molar-refractivity contribution in [3.63, 3.8) is 0 Å². The van der Waals surface area contributed by atoms with Gasteiger partial charge in [-0.15, -0.1) is 0 Å². The first kappa shape index (κ1) is 7.86. The summed E-state index contributed by atoms with van der Waals surface area (Å²) in [5.74, 6) is 0. The van der Waals surface area contributed by atoms with E-state index in [0.29, 0.717) is 6.54 Å². The molecule has 0 radical (unpaired) electrons. The minimum Gasteiger partial charge on any atom is -0.211 e. The molecule has 0 aliphatic heterocycles. The quantitative estimate of drug-likeness (QED) is 0.317. The number of aliphatic imine (C=N–C) groups is 1. The predicted molar refractivity (Wildman–Crippen MR) is 36.9 cm³/mol. The lowest BCUT2D eigenvalue weighted by molar-refractivity contribution is 0.563. The van der Waals surface area contributed by atoms with Crippen molar-refractivity contribution in [2.24, 2.45) is 4.99 Å². The molecule has 0 N–H and O–H groups in total. The van der Waals surface area contributed by atoms with Crippen molar-refractivity contribution in [2.45, 2.75) is 6.92 Å². The van der Waals surface area contributed by atoms with Gasteiger partial charge in [0.15, 0.2) is 0 Å². The molecule has 0 saturated heterocycles. The Bertz CT molecular complexity index is 175. The Morgan fingerprint density at radius 3 is 2.56 bits per heavy atom. The van der Waals surface area contributed by atoms with Gasteiger partial charge in [-0.25, -0.2) is 9.79 Å². The maximum absolute atomic E-state index is 9.57. The molecule has 0 fully saturated rings. The fourth-order valence-electron chi connectivity index (χ4n) is 0.263. The molecule has 0 aliphatic carbocycles. The highest BCUT2D eigenvalue weighted by atomic mass is 16.1. The first-order chi connectivity index (χ1) is 4.18. The van der Waals surface area contributed by atoms with E-state index in [2.05, 4.69) is 18.2 Å². The van der Waals surface area contributed by atoms with Gasteiger partial charge >= 0.3 is 0 Å². The highest BCUT2D eigenvalue weighted by Gasteiger charge is 1.89. The van der Waals surface area contributed by atoms with E-state index in [0.717, 1.165) is 11.1 Å². The average molecular weight is 123 g/mol. The Morgan fingerprint density at radius 1 is 1.67 bits per heavy atom. The predicted octanol–water partition coefficient (Wildman–Crippen LogP) is 1.45. The molecule has 0 aromatic heterocycles. The second-order valence-electron chi connectivity index (χ2n) is 1.79. The van der Waals surface area contributed by atoms with Crippen molar-refractivity contribution in [1.82, 2.24) is 0 Å². The second kappa shape index (κ2) is 3.81. The first-order valence-electron chi connectivity index (χ1n) is 2.55. The molecule has 0 aliphatic rings. The summed E-state index contributed by atoms with van der Waals surface area (Å²) in [7, 11) is 0. The van der Waals surface area contributed by atoms with E-state index in [9.17, 15) is 4.79 Å². The number of hydrogen-bond acceptors (Lipinski definition) is 2. The van der Waals surface area contributed by atoms with Crippen LogP contribution in [0.25, 0.3) is 0 Å². The first-order valence-corrected chi connectivity index (χ1v) is 2.55. The molecule has 2 nitrogen and oxygen atoms in total. The zero-order valence-electron chi connectivity index (χ0n) is 5.48. The maximum Gasteiger partial charge on any atom is 0.235 e. The molecule has 9 heavy (non-hydrogen) atoms. The van der Waals surface area contributed by atoms with Gasteiger partial charge < -0.3 is 0 Å². The van der Waals surface area contributed by atoms with Crippen molar-refractivity contribution in [3.8, 4) is 0 Å². The van der Waals surface area contributed by atoms with Gasteiger partial charge in [-0.1, -0.05) is 18.7 Å². The lowest BCUT2D eigenvalue weighted by Gasteiger charge is -1.95. The van der Waals surface area contributed by atoms with Crippen LogP contribution in [0.4, 0.5) is 0 Å². The van der Waals surface area contributed by atoms with Crippen LogP contribution < -0.4 is 0 Å². The third-order valence-electron chi connectivity index (χ3n) is 0.938. The summed E-state index contributed by atoms with van der Waals surface area (Å²) in [5.41, 5.74) is 1.63. The van der Waals surface area contributed by atoms with Gasteiger partial charge in [-0.2, -0.15) is 0 Å². The smallest absolute Gasteiger partial charge is 0.211 e. The number of rotatable bonds is 3. The summed E-state index contributed by atoms with van der Waals surface area (Å²) in [6.07, 6.45) is 1.43. The van der Waals surface area contributed by atoms with Gasteiger partial charge in [0.25, 0.3) is 0 Å². The third-order valence-corrected chi connectivity index (χ3v) is 0.938. The van der Waals surface area contributed by atoms with Crippen LogP contribution >= 0.6 is 0 Å². The van der Waals surface area contributed by atoms with E-state index in [4.69, 9.17) is 0 Å². The molecule has 0 heterocycles. The van der Waals surface area contributed by atoms with Crippen LogP contribution in [0.2, 0.25) is 0 Å². The van der Waals surface area contributed by atoms with Crippen LogP contribution in [0.15, 0.2) is 29.3 Å². The van der Waals surface area contributed by atoms with Crippen molar-refractivity contribution in [3.05, 3.63) is 24.3 Å². The third kappa shape index (κ3) is 3.44. The van der Waals surface area contributed by atoms with Crippen molar-refractivity contribution in [2.75, 3.05) is 6.54 Å². The Morgan fingerprint density at radius 2 is 2.22 bits per heavy atom. The number of isocyanates is 1. The molecule has 0 spiro atoms. The van der Waals surface area contributed by atoms with Crippen LogP contribution in [0.1, 0.15) is 6.92 Å². The molecule has 48 valence electrons. The molecule has 0 unspecified atom stereocenters. The van der Waals surface area contributed by atoms with Gasteiger partial charge in [0.1, 0.15) is 0 Å². The molecule has 0 atom stereocenters. The summed E-state index contributed by atoms with van der Waals surface area (Å²) >= 11 is 0. The molecular weight excluding hydrogens is 114 g/mol. The average Bonchev–Trinajstić information content (AvgIpc) is 1.82. The SMILES string of the molecule is C=C(C)C(=C)CN=C=O. The van der Waals surface area contributed by atoms with Crippen LogP contribution in [0.5, 0.6) is 0 Å². The molecular formula is C7H9NO. The molecule has 2 heteroatoms. The minimum absolute atomic E-state index is 0.318. The van der Waals surface area contributed by atoms with Gasteiger partial charge in [-0.3, -0.25) is 0 Å². The zero-order valence-corrected chi connectivity index (χ0v) is 5.48.